The lowest BCUT2D eigenvalue weighted by molar-refractivity contribution is 0.0622. The van der Waals surface area contributed by atoms with Crippen LogP contribution >= 0.6 is 0 Å². The van der Waals surface area contributed by atoms with Crippen molar-refractivity contribution in [2.24, 2.45) is 12.8 Å². The fourth-order valence-electron chi connectivity index (χ4n) is 3.84. The summed E-state index contributed by atoms with van der Waals surface area (Å²) in [6.45, 7) is 2.36. The summed E-state index contributed by atoms with van der Waals surface area (Å²) < 4.78 is 8.30. The van der Waals surface area contributed by atoms with E-state index in [0.29, 0.717) is 17.7 Å². The molecule has 3 aromatic carbocycles. The maximum atomic E-state index is 11.3. The zero-order chi connectivity index (χ0) is 23.4. The molecule has 0 radical (unpaired) electrons. The molecular weight excluding hydrogens is 412 g/mol. The number of benzene rings is 3. The van der Waals surface area contributed by atoms with Gasteiger partial charge in [-0.1, -0.05) is 42.5 Å². The van der Waals surface area contributed by atoms with Crippen LogP contribution in [-0.4, -0.2) is 15.5 Å². The molecule has 0 aliphatic rings. The molecule has 6 heteroatoms. The molecule has 0 spiro atoms. The molecule has 1 heterocycles. The van der Waals surface area contributed by atoms with Gasteiger partial charge in [0.1, 0.15) is 6.10 Å². The van der Waals surface area contributed by atoms with Crippen molar-refractivity contribution >= 4 is 5.91 Å². The van der Waals surface area contributed by atoms with E-state index in [4.69, 9.17) is 10.5 Å². The van der Waals surface area contributed by atoms with Crippen molar-refractivity contribution in [3.8, 4) is 17.2 Å². The van der Waals surface area contributed by atoms with E-state index in [9.17, 15) is 10.1 Å². The maximum Gasteiger partial charge on any atom is 0.248 e. The van der Waals surface area contributed by atoms with Crippen molar-refractivity contribution < 1.29 is 9.53 Å². The SMILES string of the molecule is Cc1ccccc1-c1cc(C(OCc2ccc(C(N)=O)cc2)c2cncn2C)ccc1C#N. The van der Waals surface area contributed by atoms with Gasteiger partial charge in [-0.05, 0) is 53.4 Å². The van der Waals surface area contributed by atoms with Gasteiger partial charge in [-0.15, -0.1) is 0 Å². The van der Waals surface area contributed by atoms with Gasteiger partial charge in [0.05, 0.1) is 36.5 Å². The Morgan fingerprint density at radius 2 is 1.88 bits per heavy atom. The van der Waals surface area contributed by atoms with Crippen LogP contribution in [0.2, 0.25) is 0 Å². The second kappa shape index (κ2) is 9.51. The molecule has 4 aromatic rings. The van der Waals surface area contributed by atoms with E-state index in [0.717, 1.165) is 33.5 Å². The Morgan fingerprint density at radius 3 is 2.52 bits per heavy atom. The highest BCUT2D eigenvalue weighted by Crippen LogP contribution is 2.33. The van der Waals surface area contributed by atoms with E-state index >= 15 is 0 Å². The molecular formula is C27H24N4O2. The van der Waals surface area contributed by atoms with Crippen LogP contribution in [0.15, 0.2) is 79.3 Å². The van der Waals surface area contributed by atoms with Crippen LogP contribution in [0.3, 0.4) is 0 Å². The van der Waals surface area contributed by atoms with E-state index in [1.807, 2.05) is 73.1 Å². The molecule has 0 saturated carbocycles. The lowest BCUT2D eigenvalue weighted by atomic mass is 9.93. The fourth-order valence-corrected chi connectivity index (χ4v) is 3.84. The highest BCUT2D eigenvalue weighted by atomic mass is 16.5. The third-order valence-electron chi connectivity index (χ3n) is 5.68. The number of ether oxygens (including phenoxy) is 1. The van der Waals surface area contributed by atoms with Gasteiger partial charge in [0.25, 0.3) is 0 Å². The lowest BCUT2D eigenvalue weighted by Crippen LogP contribution is -2.12. The zero-order valence-corrected chi connectivity index (χ0v) is 18.5. The fraction of sp³-hybridized carbons (Fsp3) is 0.148. The van der Waals surface area contributed by atoms with Gasteiger partial charge in [-0.2, -0.15) is 5.26 Å². The van der Waals surface area contributed by atoms with Gasteiger partial charge >= 0.3 is 0 Å². The van der Waals surface area contributed by atoms with E-state index in [1.165, 1.54) is 0 Å². The van der Waals surface area contributed by atoms with Crippen LogP contribution in [0.25, 0.3) is 11.1 Å². The second-order valence-electron chi connectivity index (χ2n) is 7.91. The zero-order valence-electron chi connectivity index (χ0n) is 18.5. The molecule has 164 valence electrons. The Kier molecular flexibility index (Phi) is 6.34. The summed E-state index contributed by atoms with van der Waals surface area (Å²) in [6, 6.07) is 23.2. The number of rotatable bonds is 7. The first kappa shape index (κ1) is 22.0. The van der Waals surface area contributed by atoms with Gasteiger partial charge in [-0.25, -0.2) is 4.98 Å². The van der Waals surface area contributed by atoms with Crippen molar-refractivity contribution in [3.05, 3.63) is 113 Å². The predicted octanol–water partition coefficient (Wildman–Crippen LogP) is 4.67. The Hall–Kier alpha value is -4.21. The van der Waals surface area contributed by atoms with Gasteiger partial charge in [-0.3, -0.25) is 4.79 Å². The standard InChI is InChI=1S/C27H24N4O2/c1-18-5-3-4-6-23(18)24-13-21(11-12-22(24)14-28)26(25-15-30-17-31(25)2)33-16-19-7-9-20(10-8-19)27(29)32/h3-13,15,17,26H,16H2,1-2H3,(H2,29,32). The summed E-state index contributed by atoms with van der Waals surface area (Å²) in [5, 5.41) is 9.71. The smallest absolute Gasteiger partial charge is 0.248 e. The second-order valence-corrected chi connectivity index (χ2v) is 7.91. The van der Waals surface area contributed by atoms with E-state index in [1.54, 1.807) is 24.7 Å². The topological polar surface area (TPSA) is 93.9 Å². The van der Waals surface area contributed by atoms with Crippen LogP contribution in [-0.2, 0) is 18.4 Å². The molecule has 1 aromatic heterocycles. The van der Waals surface area contributed by atoms with Crippen LogP contribution in [0.4, 0.5) is 0 Å². The van der Waals surface area contributed by atoms with Crippen molar-refractivity contribution in [2.45, 2.75) is 19.6 Å². The van der Waals surface area contributed by atoms with Crippen molar-refractivity contribution in [1.82, 2.24) is 9.55 Å². The number of primary amides is 1. The average molecular weight is 437 g/mol. The number of aromatic nitrogens is 2. The normalized spacial score (nSPS) is 11.7. The predicted molar refractivity (Wildman–Crippen MR) is 126 cm³/mol. The van der Waals surface area contributed by atoms with Crippen LogP contribution in [0.5, 0.6) is 0 Å². The van der Waals surface area contributed by atoms with Gasteiger partial charge in [0.15, 0.2) is 0 Å². The molecule has 2 N–H and O–H groups in total. The summed E-state index contributed by atoms with van der Waals surface area (Å²) in [5.74, 6) is -0.462. The van der Waals surface area contributed by atoms with Crippen LogP contribution in [0.1, 0.15) is 44.4 Å². The molecule has 0 bridgehead atoms. The first-order valence-corrected chi connectivity index (χ1v) is 10.5. The molecule has 0 saturated heterocycles. The van der Waals surface area contributed by atoms with Crippen LogP contribution in [0, 0.1) is 18.3 Å². The first-order valence-electron chi connectivity index (χ1n) is 10.5. The Morgan fingerprint density at radius 1 is 1.12 bits per heavy atom. The number of carbonyl (C=O) groups excluding carboxylic acids is 1. The molecule has 1 atom stereocenters. The molecule has 4 rings (SSSR count). The van der Waals surface area contributed by atoms with Gasteiger partial charge < -0.3 is 15.0 Å². The minimum absolute atomic E-state index is 0.328. The average Bonchev–Trinajstić information content (AvgIpc) is 3.25. The van der Waals surface area contributed by atoms with Gasteiger partial charge in [0.2, 0.25) is 5.91 Å². The molecule has 0 fully saturated rings. The maximum absolute atomic E-state index is 11.3. The highest BCUT2D eigenvalue weighted by molar-refractivity contribution is 5.92. The van der Waals surface area contributed by atoms with Crippen LogP contribution < -0.4 is 5.73 Å². The molecule has 6 nitrogen and oxygen atoms in total. The summed E-state index contributed by atoms with van der Waals surface area (Å²) in [7, 11) is 1.92. The number of imidazole rings is 1. The quantitative estimate of drug-likeness (QED) is 0.455. The number of aryl methyl sites for hydroxylation is 2. The monoisotopic (exact) mass is 436 g/mol. The third kappa shape index (κ3) is 4.69. The minimum Gasteiger partial charge on any atom is -0.366 e. The minimum atomic E-state index is -0.462. The Labute approximate surface area is 192 Å². The van der Waals surface area contributed by atoms with Crippen molar-refractivity contribution in [1.29, 1.82) is 5.26 Å². The Balaban J connectivity index is 1.72. The van der Waals surface area contributed by atoms with E-state index < -0.39 is 12.0 Å². The summed E-state index contributed by atoms with van der Waals surface area (Å²) in [5.41, 5.74) is 12.1. The number of carbonyl (C=O) groups is 1. The lowest BCUT2D eigenvalue weighted by Gasteiger charge is -2.21. The number of hydrogen-bond acceptors (Lipinski definition) is 4. The Bertz CT molecular complexity index is 1330. The van der Waals surface area contributed by atoms with E-state index in [2.05, 4.69) is 11.1 Å². The number of nitriles is 1. The summed E-state index contributed by atoms with van der Waals surface area (Å²) in [6.07, 6.45) is 3.12. The molecule has 0 aliphatic carbocycles. The number of amides is 1. The number of hydrogen-bond donors (Lipinski definition) is 1. The number of nitrogens with zero attached hydrogens (tertiary/aromatic N) is 3. The third-order valence-corrected chi connectivity index (χ3v) is 5.68. The van der Waals surface area contributed by atoms with Gasteiger partial charge in [0, 0.05) is 18.2 Å². The van der Waals surface area contributed by atoms with E-state index in [-0.39, 0.29) is 0 Å². The molecule has 0 aliphatic heterocycles. The molecule has 1 unspecified atom stereocenters. The van der Waals surface area contributed by atoms with Crippen molar-refractivity contribution in [3.63, 3.8) is 0 Å². The number of nitrogens with two attached hydrogens (primary N) is 1. The molecule has 1 amide bonds. The first-order chi connectivity index (χ1) is 16.0. The highest BCUT2D eigenvalue weighted by Gasteiger charge is 2.21. The molecule has 33 heavy (non-hydrogen) atoms. The van der Waals surface area contributed by atoms with Crippen molar-refractivity contribution in [2.75, 3.05) is 0 Å². The largest absolute Gasteiger partial charge is 0.366 e. The summed E-state index contributed by atoms with van der Waals surface area (Å²) >= 11 is 0. The summed E-state index contributed by atoms with van der Waals surface area (Å²) in [4.78, 5) is 15.6.